The van der Waals surface area contributed by atoms with E-state index in [9.17, 15) is 9.59 Å². The number of nitrogens with zero attached hydrogens (tertiary/aromatic N) is 1. The number of amides is 2. The zero-order valence-electron chi connectivity index (χ0n) is 16.5. The van der Waals surface area contributed by atoms with Gasteiger partial charge in [-0.2, -0.15) is 0 Å². The number of nitrogens with one attached hydrogen (secondary N) is 1. The zero-order valence-corrected chi connectivity index (χ0v) is 16.5. The molecule has 1 aliphatic carbocycles. The first-order valence-electron chi connectivity index (χ1n) is 10.4. The van der Waals surface area contributed by atoms with E-state index in [1.54, 1.807) is 0 Å². The number of anilines is 1. The van der Waals surface area contributed by atoms with Crippen molar-refractivity contribution in [2.45, 2.75) is 58.4 Å². The lowest BCUT2D eigenvalue weighted by Gasteiger charge is -2.31. The fraction of sp³-hybridized carbons (Fsp3) is 0.478. The highest BCUT2D eigenvalue weighted by Gasteiger charge is 2.30. The number of fused-ring (bicyclic) bond motifs is 1. The molecule has 1 aromatic heterocycles. The number of carbonyl (C=O) groups is 2. The molecular weight excluding hydrogens is 352 g/mol. The van der Waals surface area contributed by atoms with E-state index in [1.165, 1.54) is 19.3 Å². The molecule has 5 heteroatoms. The maximum Gasteiger partial charge on any atom is 0.225 e. The molecule has 0 unspecified atom stereocenters. The molecule has 0 bridgehead atoms. The summed E-state index contributed by atoms with van der Waals surface area (Å²) < 4.78 is 6.08. The lowest BCUT2D eigenvalue weighted by Crippen LogP contribution is -2.40. The monoisotopic (exact) mass is 380 g/mol. The predicted molar refractivity (Wildman–Crippen MR) is 109 cm³/mol. The van der Waals surface area contributed by atoms with Gasteiger partial charge in [0.05, 0.1) is 0 Å². The SMILES string of the molecule is CCC(=O)Nc1ccc(-c2cc3c(o2)CCN(C(=O)C2CCCCC2)C3)cc1. The van der Waals surface area contributed by atoms with Crippen molar-refractivity contribution in [1.82, 2.24) is 4.90 Å². The van der Waals surface area contributed by atoms with E-state index in [0.717, 1.165) is 54.1 Å². The summed E-state index contributed by atoms with van der Waals surface area (Å²) in [7, 11) is 0. The topological polar surface area (TPSA) is 62.6 Å². The molecule has 1 saturated carbocycles. The summed E-state index contributed by atoms with van der Waals surface area (Å²) in [6, 6.07) is 9.77. The van der Waals surface area contributed by atoms with Gasteiger partial charge < -0.3 is 14.6 Å². The lowest BCUT2D eigenvalue weighted by atomic mass is 9.88. The van der Waals surface area contributed by atoms with E-state index >= 15 is 0 Å². The second-order valence-electron chi connectivity index (χ2n) is 7.88. The summed E-state index contributed by atoms with van der Waals surface area (Å²) in [6.45, 7) is 3.23. The van der Waals surface area contributed by atoms with Gasteiger partial charge >= 0.3 is 0 Å². The Bertz CT molecular complexity index is 847. The van der Waals surface area contributed by atoms with Crippen LogP contribution in [0.3, 0.4) is 0 Å². The molecule has 4 rings (SSSR count). The second kappa shape index (κ2) is 8.21. The summed E-state index contributed by atoms with van der Waals surface area (Å²) in [6.07, 6.45) is 6.95. The Kier molecular flexibility index (Phi) is 5.51. The molecule has 1 N–H and O–H groups in total. The Morgan fingerprint density at radius 1 is 1.14 bits per heavy atom. The van der Waals surface area contributed by atoms with E-state index in [-0.39, 0.29) is 11.8 Å². The van der Waals surface area contributed by atoms with Gasteiger partial charge in [0.1, 0.15) is 11.5 Å². The first-order valence-corrected chi connectivity index (χ1v) is 10.4. The number of carbonyl (C=O) groups excluding carboxylic acids is 2. The number of hydrogen-bond acceptors (Lipinski definition) is 3. The first kappa shape index (κ1) is 18.8. The molecule has 2 amide bonds. The van der Waals surface area contributed by atoms with Crippen LogP contribution in [0.1, 0.15) is 56.8 Å². The Morgan fingerprint density at radius 3 is 2.61 bits per heavy atom. The van der Waals surface area contributed by atoms with Gasteiger partial charge in [0, 0.05) is 48.7 Å². The predicted octanol–water partition coefficient (Wildman–Crippen LogP) is 4.76. The minimum atomic E-state index is 0.00365. The van der Waals surface area contributed by atoms with Crippen molar-refractivity contribution in [2.75, 3.05) is 11.9 Å². The Morgan fingerprint density at radius 2 is 1.89 bits per heavy atom. The van der Waals surface area contributed by atoms with E-state index in [2.05, 4.69) is 11.4 Å². The normalized spacial score (nSPS) is 17.2. The molecule has 2 aromatic rings. The summed E-state index contributed by atoms with van der Waals surface area (Å²) in [5, 5.41) is 2.85. The largest absolute Gasteiger partial charge is 0.461 e. The van der Waals surface area contributed by atoms with Gasteiger partial charge in [-0.15, -0.1) is 0 Å². The van der Waals surface area contributed by atoms with Crippen LogP contribution < -0.4 is 5.32 Å². The molecule has 1 aliphatic heterocycles. The number of benzene rings is 1. The Hall–Kier alpha value is -2.56. The van der Waals surface area contributed by atoms with Gasteiger partial charge in [-0.3, -0.25) is 9.59 Å². The second-order valence-corrected chi connectivity index (χ2v) is 7.88. The van der Waals surface area contributed by atoms with Gasteiger partial charge in [0.2, 0.25) is 11.8 Å². The van der Waals surface area contributed by atoms with E-state index in [4.69, 9.17) is 4.42 Å². The molecule has 1 fully saturated rings. The van der Waals surface area contributed by atoms with E-state index in [1.807, 2.05) is 36.1 Å². The minimum absolute atomic E-state index is 0.00365. The van der Waals surface area contributed by atoms with Crippen molar-refractivity contribution >= 4 is 17.5 Å². The van der Waals surface area contributed by atoms with E-state index < -0.39 is 0 Å². The van der Waals surface area contributed by atoms with Crippen molar-refractivity contribution in [2.24, 2.45) is 5.92 Å². The molecular formula is C23H28N2O3. The van der Waals surface area contributed by atoms with Crippen molar-refractivity contribution in [1.29, 1.82) is 0 Å². The molecule has 0 radical (unpaired) electrons. The van der Waals surface area contributed by atoms with Crippen molar-refractivity contribution < 1.29 is 14.0 Å². The number of hydrogen-bond donors (Lipinski definition) is 1. The zero-order chi connectivity index (χ0) is 19.5. The van der Waals surface area contributed by atoms with Gasteiger partial charge in [0.25, 0.3) is 0 Å². The van der Waals surface area contributed by atoms with Crippen molar-refractivity contribution in [3.8, 4) is 11.3 Å². The smallest absolute Gasteiger partial charge is 0.225 e. The molecule has 0 atom stereocenters. The Labute approximate surface area is 166 Å². The third kappa shape index (κ3) is 3.98. The molecule has 5 nitrogen and oxygen atoms in total. The fourth-order valence-corrected chi connectivity index (χ4v) is 4.24. The average Bonchev–Trinajstić information content (AvgIpc) is 3.17. The highest BCUT2D eigenvalue weighted by molar-refractivity contribution is 5.90. The molecule has 0 spiro atoms. The summed E-state index contributed by atoms with van der Waals surface area (Å²) in [4.78, 5) is 26.4. The quantitative estimate of drug-likeness (QED) is 0.832. The number of rotatable bonds is 4. The van der Waals surface area contributed by atoms with Crippen LogP contribution in [0.15, 0.2) is 34.7 Å². The maximum absolute atomic E-state index is 12.9. The first-order chi connectivity index (χ1) is 13.6. The maximum atomic E-state index is 12.9. The van der Waals surface area contributed by atoms with Crippen LogP contribution in [0.25, 0.3) is 11.3 Å². The Balaban J connectivity index is 1.45. The lowest BCUT2D eigenvalue weighted by molar-refractivity contribution is -0.137. The molecule has 148 valence electrons. The van der Waals surface area contributed by atoms with Crippen molar-refractivity contribution in [3.63, 3.8) is 0 Å². The van der Waals surface area contributed by atoms with Gasteiger partial charge in [-0.05, 0) is 43.2 Å². The summed E-state index contributed by atoms with van der Waals surface area (Å²) in [5.41, 5.74) is 2.89. The highest BCUT2D eigenvalue weighted by Crippen LogP contribution is 2.32. The fourth-order valence-electron chi connectivity index (χ4n) is 4.24. The van der Waals surface area contributed by atoms with Crippen LogP contribution in [-0.4, -0.2) is 23.3 Å². The highest BCUT2D eigenvalue weighted by atomic mass is 16.3. The average molecular weight is 380 g/mol. The molecule has 28 heavy (non-hydrogen) atoms. The number of furan rings is 1. The van der Waals surface area contributed by atoms with Crippen LogP contribution in [0.2, 0.25) is 0 Å². The third-order valence-electron chi connectivity index (χ3n) is 5.91. The van der Waals surface area contributed by atoms with Crippen LogP contribution in [0, 0.1) is 5.92 Å². The minimum Gasteiger partial charge on any atom is -0.461 e. The van der Waals surface area contributed by atoms with Crippen LogP contribution in [0.5, 0.6) is 0 Å². The van der Waals surface area contributed by atoms with Crippen LogP contribution >= 0.6 is 0 Å². The van der Waals surface area contributed by atoms with Crippen LogP contribution in [-0.2, 0) is 22.6 Å². The standard InChI is InChI=1S/C23H28N2O3/c1-2-22(26)24-19-10-8-16(9-11-19)21-14-18-15-25(13-12-20(18)28-21)23(27)17-6-4-3-5-7-17/h8-11,14,17H,2-7,12-13,15H2,1H3,(H,24,26). The molecule has 0 saturated heterocycles. The third-order valence-corrected chi connectivity index (χ3v) is 5.91. The van der Waals surface area contributed by atoms with E-state index in [0.29, 0.717) is 18.9 Å². The molecule has 2 aliphatic rings. The molecule has 1 aromatic carbocycles. The van der Waals surface area contributed by atoms with Crippen LogP contribution in [0.4, 0.5) is 5.69 Å². The van der Waals surface area contributed by atoms with Gasteiger partial charge in [-0.1, -0.05) is 26.2 Å². The molecule has 2 heterocycles. The van der Waals surface area contributed by atoms with Crippen molar-refractivity contribution in [3.05, 3.63) is 41.7 Å². The van der Waals surface area contributed by atoms with Gasteiger partial charge in [-0.25, -0.2) is 0 Å². The van der Waals surface area contributed by atoms with Gasteiger partial charge in [0.15, 0.2) is 0 Å². The summed E-state index contributed by atoms with van der Waals surface area (Å²) in [5.74, 6) is 2.36. The summed E-state index contributed by atoms with van der Waals surface area (Å²) >= 11 is 0.